The van der Waals surface area contributed by atoms with Gasteiger partial charge in [0, 0.05) is 6.54 Å². The smallest absolute Gasteiger partial charge is 0.226 e. The van der Waals surface area contributed by atoms with Crippen LogP contribution in [0.15, 0.2) is 0 Å². The maximum Gasteiger partial charge on any atom is 0.226 e. The van der Waals surface area contributed by atoms with Gasteiger partial charge in [-0.2, -0.15) is 0 Å². The van der Waals surface area contributed by atoms with Gasteiger partial charge in [-0.25, -0.2) is 13.7 Å². The summed E-state index contributed by atoms with van der Waals surface area (Å²) in [4.78, 5) is 2.30. The monoisotopic (exact) mass is 221 g/mol. The van der Waals surface area contributed by atoms with E-state index in [2.05, 4.69) is 16.7 Å². The van der Waals surface area contributed by atoms with E-state index in [0.29, 0.717) is 12.5 Å². The molecule has 5 nitrogen and oxygen atoms in total. The highest BCUT2D eigenvalue weighted by atomic mass is 32.2. The summed E-state index contributed by atoms with van der Waals surface area (Å²) in [6.07, 6.45) is 3.20. The van der Waals surface area contributed by atoms with Gasteiger partial charge in [-0.15, -0.1) is 0 Å². The summed E-state index contributed by atoms with van der Waals surface area (Å²) >= 11 is 0. The second-order valence-corrected chi connectivity index (χ2v) is 5.30. The van der Waals surface area contributed by atoms with E-state index in [9.17, 15) is 4.21 Å². The van der Waals surface area contributed by atoms with Crippen LogP contribution in [0.2, 0.25) is 0 Å². The summed E-state index contributed by atoms with van der Waals surface area (Å²) in [6.45, 7) is 2.69. The van der Waals surface area contributed by atoms with Gasteiger partial charge in [-0.1, -0.05) is 0 Å². The van der Waals surface area contributed by atoms with Crippen LogP contribution in [-0.4, -0.2) is 40.3 Å². The first-order valence-corrected chi connectivity index (χ1v) is 6.43. The average molecular weight is 221 g/mol. The molecule has 1 aliphatic heterocycles. The Hall–Kier alpha value is -0.170. The molecular weight excluding hydrogens is 202 g/mol. The molecule has 0 saturated carbocycles. The number of likely N-dealkylation sites (tertiary alicyclic amines) is 1. The van der Waals surface area contributed by atoms with E-state index < -0.39 is 10.2 Å². The fourth-order valence-corrected chi connectivity index (χ4v) is 2.15. The summed E-state index contributed by atoms with van der Waals surface area (Å²) in [6, 6.07) is 0. The largest absolute Gasteiger partial charge is 0.306 e. The number of nitrogens with zero attached hydrogens (tertiary/aromatic N) is 1. The molecule has 0 aliphatic carbocycles. The summed E-state index contributed by atoms with van der Waals surface area (Å²) < 4.78 is 28.3. The Labute approximate surface area is 85.8 Å². The molecule has 1 aliphatic rings. The molecule has 1 fully saturated rings. The Morgan fingerprint density at radius 2 is 2.14 bits per heavy atom. The van der Waals surface area contributed by atoms with E-state index in [-0.39, 0.29) is 0 Å². The van der Waals surface area contributed by atoms with E-state index >= 15 is 0 Å². The predicted molar refractivity (Wildman–Crippen MR) is 56.3 cm³/mol. The van der Waals surface area contributed by atoms with Gasteiger partial charge in [-0.3, -0.25) is 4.55 Å². The minimum Gasteiger partial charge on any atom is -0.306 e. The van der Waals surface area contributed by atoms with Crippen molar-refractivity contribution in [3.8, 4) is 0 Å². The van der Waals surface area contributed by atoms with Crippen molar-refractivity contribution >= 4 is 10.2 Å². The van der Waals surface area contributed by atoms with Crippen molar-refractivity contribution in [2.24, 2.45) is 5.92 Å². The zero-order chi connectivity index (χ0) is 10.6. The third kappa shape index (κ3) is 4.90. The molecule has 3 N–H and O–H groups in total. The van der Waals surface area contributed by atoms with Gasteiger partial charge in [0.25, 0.3) is 0 Å². The molecule has 1 atom stereocenters. The van der Waals surface area contributed by atoms with Crippen molar-refractivity contribution in [2.75, 3.05) is 26.7 Å². The summed E-state index contributed by atoms with van der Waals surface area (Å²) in [5.41, 5.74) is 0. The molecule has 14 heavy (non-hydrogen) atoms. The number of hydrogen-bond acceptors (Lipinski definition) is 3. The van der Waals surface area contributed by atoms with Gasteiger partial charge >= 0.3 is 0 Å². The van der Waals surface area contributed by atoms with Gasteiger partial charge in [0.1, 0.15) is 0 Å². The number of piperidine rings is 1. The summed E-state index contributed by atoms with van der Waals surface area (Å²) in [7, 11) is -1.39. The van der Waals surface area contributed by atoms with Gasteiger partial charge in [0.15, 0.2) is 0 Å². The molecular formula is C8H19N3O2S. The lowest BCUT2D eigenvalue weighted by molar-refractivity contribution is 0.213. The molecule has 1 saturated heterocycles. The van der Waals surface area contributed by atoms with Crippen LogP contribution in [0.25, 0.3) is 0 Å². The maximum atomic E-state index is 10.6. The van der Waals surface area contributed by atoms with Crippen molar-refractivity contribution in [3.63, 3.8) is 0 Å². The zero-order valence-corrected chi connectivity index (χ0v) is 9.35. The topological polar surface area (TPSA) is 76.4 Å². The Balaban J connectivity index is 2.14. The van der Waals surface area contributed by atoms with Crippen LogP contribution in [0.5, 0.6) is 0 Å². The predicted octanol–water partition coefficient (Wildman–Crippen LogP) is 0.743. The first-order chi connectivity index (χ1) is 6.47. The van der Waals surface area contributed by atoms with Gasteiger partial charge in [-0.05, 0) is 45.3 Å². The van der Waals surface area contributed by atoms with Crippen LogP contribution in [0, 0.1) is 10.7 Å². The van der Waals surface area contributed by atoms with Crippen molar-refractivity contribution in [1.29, 1.82) is 4.78 Å². The first kappa shape index (κ1) is 11.9. The second-order valence-electron chi connectivity index (χ2n) is 3.96. The molecule has 1 unspecified atom stereocenters. The van der Waals surface area contributed by atoms with E-state index in [1.54, 1.807) is 0 Å². The number of hydrogen-bond donors (Lipinski definition) is 3. The molecule has 0 bridgehead atoms. The minimum atomic E-state index is -3.50. The highest BCUT2D eigenvalue weighted by molar-refractivity contribution is 7.84. The van der Waals surface area contributed by atoms with E-state index in [1.807, 2.05) is 0 Å². The molecule has 0 amide bonds. The quantitative estimate of drug-likeness (QED) is 0.655. The van der Waals surface area contributed by atoms with Crippen LogP contribution in [0.3, 0.4) is 0 Å². The lowest BCUT2D eigenvalue weighted by Gasteiger charge is -2.28. The lowest BCUT2D eigenvalue weighted by Crippen LogP contribution is -2.32. The highest BCUT2D eigenvalue weighted by Crippen LogP contribution is 2.18. The molecule has 0 aromatic heterocycles. The van der Waals surface area contributed by atoms with Gasteiger partial charge in [0.05, 0.1) is 0 Å². The Morgan fingerprint density at radius 1 is 1.57 bits per heavy atom. The standard InChI is InChI=1S/C8H19N3O2S/c1-11-6-3-8(4-7-11)2-5-10-14(9,12)13/h8H,2-7H2,1H3,(H3,9,10,12,13). The second kappa shape index (κ2) is 5.06. The fraction of sp³-hybridized carbons (Fsp3) is 1.00. The Morgan fingerprint density at radius 3 is 2.64 bits per heavy atom. The number of rotatable bonds is 4. The average Bonchev–Trinajstić information content (AvgIpc) is 2.06. The van der Waals surface area contributed by atoms with Crippen molar-refractivity contribution in [2.45, 2.75) is 19.3 Å². The molecule has 84 valence electrons. The molecule has 0 radical (unpaired) electrons. The molecule has 0 spiro atoms. The third-order valence-electron chi connectivity index (χ3n) is 2.69. The minimum absolute atomic E-state index is 0.465. The van der Waals surface area contributed by atoms with Crippen molar-refractivity contribution in [3.05, 3.63) is 0 Å². The summed E-state index contributed by atoms with van der Waals surface area (Å²) in [5, 5.41) is 0. The van der Waals surface area contributed by atoms with E-state index in [4.69, 9.17) is 9.33 Å². The zero-order valence-electron chi connectivity index (χ0n) is 8.53. The van der Waals surface area contributed by atoms with E-state index in [1.165, 1.54) is 0 Å². The van der Waals surface area contributed by atoms with Crippen molar-refractivity contribution < 1.29 is 8.76 Å². The summed E-state index contributed by atoms with van der Waals surface area (Å²) in [5.74, 6) is 0.639. The SMILES string of the molecule is CN1CCC(CCNS(=N)(=O)O)CC1. The van der Waals surface area contributed by atoms with Crippen molar-refractivity contribution in [1.82, 2.24) is 9.62 Å². The molecule has 1 heterocycles. The molecule has 0 aromatic rings. The highest BCUT2D eigenvalue weighted by Gasteiger charge is 2.16. The van der Waals surface area contributed by atoms with Gasteiger partial charge in [0.2, 0.25) is 10.2 Å². The lowest BCUT2D eigenvalue weighted by atomic mass is 9.94. The van der Waals surface area contributed by atoms with Crippen LogP contribution in [0.4, 0.5) is 0 Å². The molecule has 0 aromatic carbocycles. The molecule has 1 rings (SSSR count). The fourth-order valence-electron chi connectivity index (χ4n) is 1.75. The van der Waals surface area contributed by atoms with Crippen LogP contribution < -0.4 is 4.72 Å². The number of nitrogens with one attached hydrogen (secondary N) is 2. The van der Waals surface area contributed by atoms with Crippen LogP contribution in [0.1, 0.15) is 19.3 Å². The third-order valence-corrected chi connectivity index (χ3v) is 3.28. The Bertz CT molecular complexity index is 258. The molecule has 6 heteroatoms. The van der Waals surface area contributed by atoms with E-state index in [0.717, 1.165) is 32.4 Å². The normalized spacial score (nSPS) is 24.7. The van der Waals surface area contributed by atoms with Gasteiger partial charge < -0.3 is 4.90 Å². The van der Waals surface area contributed by atoms with Crippen LogP contribution in [-0.2, 0) is 10.2 Å². The maximum absolute atomic E-state index is 10.6. The Kier molecular flexibility index (Phi) is 4.31. The van der Waals surface area contributed by atoms with Crippen LogP contribution >= 0.6 is 0 Å². The first-order valence-electron chi connectivity index (χ1n) is 4.92.